The van der Waals surface area contributed by atoms with Crippen molar-refractivity contribution in [2.45, 2.75) is 23.9 Å². The zero-order valence-corrected chi connectivity index (χ0v) is 15.4. The number of rotatable bonds is 5. The minimum Gasteiger partial charge on any atom is -0.324 e. The maximum atomic E-state index is 12.1. The topological polar surface area (TPSA) is 88.4 Å². The van der Waals surface area contributed by atoms with E-state index in [-0.39, 0.29) is 23.5 Å². The Balaban J connectivity index is 1.72. The second-order valence-corrected chi connectivity index (χ2v) is 7.45. The van der Waals surface area contributed by atoms with Gasteiger partial charge in [-0.2, -0.15) is 10.2 Å². The third-order valence-corrected chi connectivity index (χ3v) is 5.10. The van der Waals surface area contributed by atoms with Gasteiger partial charge < -0.3 is 5.32 Å². The molecule has 0 saturated heterocycles. The molecule has 0 bridgehead atoms. The molecule has 2 aromatic rings. The van der Waals surface area contributed by atoms with E-state index in [1.165, 1.54) is 22.5 Å². The summed E-state index contributed by atoms with van der Waals surface area (Å²) in [5, 5.41) is 11.9. The van der Waals surface area contributed by atoms with E-state index >= 15 is 0 Å². The number of carbonyl (C=O) groups excluding carboxylic acids is 1. The molecule has 0 saturated carbocycles. The number of carbonyl (C=O) groups is 1. The summed E-state index contributed by atoms with van der Waals surface area (Å²) in [6.45, 7) is 1.70. The van der Waals surface area contributed by atoms with Crippen molar-refractivity contribution >= 4 is 34.5 Å². The summed E-state index contributed by atoms with van der Waals surface area (Å²) >= 11 is 3.07. The van der Waals surface area contributed by atoms with Gasteiger partial charge in [0.25, 0.3) is 5.56 Å². The molecule has 0 radical (unpaired) electrons. The molecule has 1 aliphatic heterocycles. The molecule has 1 aliphatic rings. The second kappa shape index (κ2) is 7.75. The van der Waals surface area contributed by atoms with Crippen LogP contribution in [0.5, 0.6) is 0 Å². The number of nitrogens with one attached hydrogen (secondary N) is 2. The molecule has 1 amide bonds. The largest absolute Gasteiger partial charge is 0.324 e. The lowest BCUT2D eigenvalue weighted by molar-refractivity contribution is -0.122. The highest BCUT2D eigenvalue weighted by Gasteiger charge is 2.18. The highest BCUT2D eigenvalue weighted by atomic mass is 32.2. The molecule has 2 N–H and O–H groups in total. The lowest BCUT2D eigenvalue weighted by Gasteiger charge is -2.12. The van der Waals surface area contributed by atoms with Crippen molar-refractivity contribution in [3.05, 3.63) is 46.8 Å². The van der Waals surface area contributed by atoms with E-state index in [0.717, 1.165) is 15.5 Å². The fourth-order valence-electron chi connectivity index (χ4n) is 2.24. The molecule has 9 heteroatoms. The first-order chi connectivity index (χ1) is 12.0. The van der Waals surface area contributed by atoms with Crippen LogP contribution in [0.4, 0.5) is 0 Å². The van der Waals surface area contributed by atoms with Crippen molar-refractivity contribution in [2.24, 2.45) is 5.10 Å². The number of benzene rings is 1. The minimum atomic E-state index is -0.320. The molecule has 25 heavy (non-hydrogen) atoms. The first kappa shape index (κ1) is 17.6. The molecule has 1 aromatic carbocycles. The van der Waals surface area contributed by atoms with Crippen LogP contribution in [0.3, 0.4) is 0 Å². The Labute approximate surface area is 153 Å². The third-order valence-electron chi connectivity index (χ3n) is 3.47. The molecular weight excluding hydrogens is 358 g/mol. The molecule has 2 heterocycles. The number of amides is 1. The van der Waals surface area contributed by atoms with Gasteiger partial charge in [-0.15, -0.1) is 11.8 Å². The molecule has 0 spiro atoms. The first-order valence-corrected chi connectivity index (χ1v) is 9.64. The maximum absolute atomic E-state index is 12.1. The minimum absolute atomic E-state index is 0.145. The Morgan fingerprint density at radius 2 is 2.08 bits per heavy atom. The highest BCUT2D eigenvalue weighted by molar-refractivity contribution is 8.14. The van der Waals surface area contributed by atoms with Crippen LogP contribution in [0.25, 0.3) is 11.3 Å². The van der Waals surface area contributed by atoms with Gasteiger partial charge in [0.1, 0.15) is 6.54 Å². The Hall–Kier alpha value is -2.26. The van der Waals surface area contributed by atoms with Crippen LogP contribution < -0.4 is 16.3 Å². The number of hydrazone groups is 1. The molecule has 1 atom stereocenters. The van der Waals surface area contributed by atoms with Gasteiger partial charge in [-0.25, -0.2) is 4.68 Å². The van der Waals surface area contributed by atoms with Crippen LogP contribution in [0.2, 0.25) is 0 Å². The SMILES string of the molecule is CSc1ccc(-c2ccc(=O)n(CC(=O)NC3NN=C(C)S3)n2)cc1. The normalized spacial score (nSPS) is 16.2. The highest BCUT2D eigenvalue weighted by Crippen LogP contribution is 2.20. The van der Waals surface area contributed by atoms with Crippen molar-refractivity contribution in [3.63, 3.8) is 0 Å². The molecular formula is C16H17N5O2S2. The van der Waals surface area contributed by atoms with Gasteiger partial charge in [-0.1, -0.05) is 23.9 Å². The Morgan fingerprint density at radius 1 is 1.32 bits per heavy atom. The van der Waals surface area contributed by atoms with Crippen LogP contribution >= 0.6 is 23.5 Å². The summed E-state index contributed by atoms with van der Waals surface area (Å²) in [7, 11) is 0. The summed E-state index contributed by atoms with van der Waals surface area (Å²) in [6, 6.07) is 11.0. The van der Waals surface area contributed by atoms with Crippen LogP contribution in [-0.4, -0.2) is 32.5 Å². The fraction of sp³-hybridized carbons (Fsp3) is 0.250. The summed E-state index contributed by atoms with van der Waals surface area (Å²) in [6.07, 6.45) is 2.01. The van der Waals surface area contributed by atoms with Crippen molar-refractivity contribution < 1.29 is 4.79 Å². The molecule has 3 rings (SSSR count). The Bertz CT molecular complexity index is 864. The number of nitrogens with zero attached hydrogens (tertiary/aromatic N) is 3. The Kier molecular flexibility index (Phi) is 5.44. The lowest BCUT2D eigenvalue weighted by Crippen LogP contribution is -2.42. The molecule has 0 fully saturated rings. The van der Waals surface area contributed by atoms with Crippen molar-refractivity contribution in [1.82, 2.24) is 20.5 Å². The lowest BCUT2D eigenvalue weighted by atomic mass is 10.1. The molecule has 1 unspecified atom stereocenters. The number of thioether (sulfide) groups is 2. The third kappa shape index (κ3) is 4.43. The van der Waals surface area contributed by atoms with Crippen LogP contribution in [0.1, 0.15) is 6.92 Å². The molecule has 7 nitrogen and oxygen atoms in total. The van der Waals surface area contributed by atoms with Gasteiger partial charge in [0, 0.05) is 16.5 Å². The predicted octanol–water partition coefficient (Wildman–Crippen LogP) is 1.70. The molecule has 1 aromatic heterocycles. The van der Waals surface area contributed by atoms with E-state index in [4.69, 9.17) is 0 Å². The van der Waals surface area contributed by atoms with Gasteiger partial charge in [-0.3, -0.25) is 15.0 Å². The van der Waals surface area contributed by atoms with E-state index in [9.17, 15) is 9.59 Å². The fourth-order valence-corrected chi connectivity index (χ4v) is 3.39. The average Bonchev–Trinajstić information content (AvgIpc) is 3.01. The van der Waals surface area contributed by atoms with Gasteiger partial charge in [-0.05, 0) is 31.4 Å². The van der Waals surface area contributed by atoms with Crippen molar-refractivity contribution in [1.29, 1.82) is 0 Å². The monoisotopic (exact) mass is 375 g/mol. The first-order valence-electron chi connectivity index (χ1n) is 7.53. The number of hydrogen-bond acceptors (Lipinski definition) is 7. The summed E-state index contributed by atoms with van der Waals surface area (Å²) < 4.78 is 1.17. The quantitative estimate of drug-likeness (QED) is 0.774. The maximum Gasteiger partial charge on any atom is 0.267 e. The van der Waals surface area contributed by atoms with Gasteiger partial charge in [0.15, 0.2) is 5.50 Å². The Morgan fingerprint density at radius 3 is 2.72 bits per heavy atom. The summed E-state index contributed by atoms with van der Waals surface area (Å²) in [5.74, 6) is -0.306. The van der Waals surface area contributed by atoms with E-state index in [1.54, 1.807) is 17.8 Å². The smallest absolute Gasteiger partial charge is 0.267 e. The van der Waals surface area contributed by atoms with Crippen molar-refractivity contribution in [3.8, 4) is 11.3 Å². The van der Waals surface area contributed by atoms with Gasteiger partial charge in [0.2, 0.25) is 5.91 Å². The average molecular weight is 375 g/mol. The van der Waals surface area contributed by atoms with E-state index < -0.39 is 0 Å². The zero-order valence-electron chi connectivity index (χ0n) is 13.7. The van der Waals surface area contributed by atoms with Gasteiger partial charge in [0.05, 0.1) is 10.7 Å². The zero-order chi connectivity index (χ0) is 17.8. The van der Waals surface area contributed by atoms with Crippen LogP contribution in [0, 0.1) is 0 Å². The van der Waals surface area contributed by atoms with E-state index in [1.807, 2.05) is 37.4 Å². The van der Waals surface area contributed by atoms with Crippen LogP contribution in [-0.2, 0) is 11.3 Å². The molecule has 130 valence electrons. The van der Waals surface area contributed by atoms with E-state index in [0.29, 0.717) is 5.69 Å². The number of aromatic nitrogens is 2. The van der Waals surface area contributed by atoms with Crippen LogP contribution in [0.15, 0.2) is 51.2 Å². The van der Waals surface area contributed by atoms with Crippen molar-refractivity contribution in [2.75, 3.05) is 6.26 Å². The van der Waals surface area contributed by atoms with Gasteiger partial charge >= 0.3 is 0 Å². The summed E-state index contributed by atoms with van der Waals surface area (Å²) in [5.41, 5.74) is 3.70. The number of hydrogen-bond donors (Lipinski definition) is 2. The summed E-state index contributed by atoms with van der Waals surface area (Å²) in [4.78, 5) is 25.3. The standard InChI is InChI=1S/C16H17N5O2S2/c1-10-18-19-16(25-10)17-14(22)9-21-15(23)8-7-13(20-21)11-3-5-12(24-2)6-4-11/h3-8,16,19H,9H2,1-2H3,(H,17,22). The predicted molar refractivity (Wildman–Crippen MR) is 101 cm³/mol. The molecule has 0 aliphatic carbocycles. The van der Waals surface area contributed by atoms with E-state index in [2.05, 4.69) is 20.9 Å². The second-order valence-electron chi connectivity index (χ2n) is 5.27.